The summed E-state index contributed by atoms with van der Waals surface area (Å²) in [6, 6.07) is 26.7. The number of benzene rings is 4. The first-order valence-electron chi connectivity index (χ1n) is 13.3. The number of fused-ring (bicyclic) bond motifs is 2. The monoisotopic (exact) mass is 557 g/mol. The highest BCUT2D eigenvalue weighted by Gasteiger charge is 2.36. The zero-order valence-corrected chi connectivity index (χ0v) is 21.9. The number of para-hydroxylation sites is 2. The SMILES string of the molecule is O=C(Nc1ccc(N2CCN(C(=O)C3c4ccccc4Oc4ccccc43)CC2)cc1)c1ccc(C(F)(F)F)cc1. The maximum atomic E-state index is 13.8. The molecule has 0 atom stereocenters. The molecule has 0 unspecified atom stereocenters. The van der Waals surface area contributed by atoms with Crippen molar-refractivity contribution < 1.29 is 27.5 Å². The number of carbonyl (C=O) groups excluding carboxylic acids is 2. The number of alkyl halides is 3. The number of anilines is 2. The zero-order chi connectivity index (χ0) is 28.6. The van der Waals surface area contributed by atoms with Crippen molar-refractivity contribution in [2.45, 2.75) is 12.1 Å². The van der Waals surface area contributed by atoms with Crippen LogP contribution in [0.2, 0.25) is 0 Å². The fourth-order valence-corrected chi connectivity index (χ4v) is 5.31. The largest absolute Gasteiger partial charge is 0.457 e. The Morgan fingerprint density at radius 1 is 0.732 bits per heavy atom. The number of amides is 2. The van der Waals surface area contributed by atoms with Crippen LogP contribution in [0.15, 0.2) is 97.1 Å². The van der Waals surface area contributed by atoms with E-state index in [1.54, 1.807) is 12.1 Å². The predicted octanol–water partition coefficient (Wildman–Crippen LogP) is 6.54. The molecule has 2 heterocycles. The first-order valence-corrected chi connectivity index (χ1v) is 13.3. The number of nitrogens with zero attached hydrogens (tertiary/aromatic N) is 2. The van der Waals surface area contributed by atoms with Gasteiger partial charge in [-0.15, -0.1) is 0 Å². The summed E-state index contributed by atoms with van der Waals surface area (Å²) in [5.74, 6) is 0.543. The highest BCUT2D eigenvalue weighted by Crippen LogP contribution is 2.44. The van der Waals surface area contributed by atoms with E-state index in [-0.39, 0.29) is 11.5 Å². The highest BCUT2D eigenvalue weighted by molar-refractivity contribution is 6.04. The second-order valence-corrected chi connectivity index (χ2v) is 10.00. The molecular formula is C32H26F3N3O3. The fraction of sp³-hybridized carbons (Fsp3) is 0.188. The minimum atomic E-state index is -4.45. The maximum Gasteiger partial charge on any atom is 0.416 e. The number of nitrogens with one attached hydrogen (secondary N) is 1. The van der Waals surface area contributed by atoms with Gasteiger partial charge in [-0.2, -0.15) is 13.2 Å². The molecule has 0 saturated carbocycles. The summed E-state index contributed by atoms with van der Waals surface area (Å²) in [5, 5.41) is 2.72. The molecular weight excluding hydrogens is 531 g/mol. The molecule has 4 aromatic carbocycles. The number of hydrogen-bond donors (Lipinski definition) is 1. The van der Waals surface area contributed by atoms with Crippen LogP contribution in [-0.4, -0.2) is 42.9 Å². The molecule has 0 aromatic heterocycles. The molecule has 1 fully saturated rings. The molecule has 0 spiro atoms. The van der Waals surface area contributed by atoms with Gasteiger partial charge >= 0.3 is 6.18 Å². The van der Waals surface area contributed by atoms with Gasteiger partial charge in [-0.3, -0.25) is 9.59 Å². The standard InChI is InChI=1S/C32H26F3N3O3/c33-32(34,35)22-11-9-21(10-12-22)30(39)36-23-13-15-24(16-14-23)37-17-19-38(20-18-37)31(40)29-25-5-1-3-7-27(25)41-28-8-4-2-6-26(28)29/h1-16,29H,17-20H2,(H,36,39). The van der Waals surface area contributed by atoms with Crippen molar-refractivity contribution in [1.82, 2.24) is 4.90 Å². The van der Waals surface area contributed by atoms with Crippen LogP contribution in [0.1, 0.15) is 33.0 Å². The van der Waals surface area contributed by atoms with Crippen molar-refractivity contribution in [3.63, 3.8) is 0 Å². The lowest BCUT2D eigenvalue weighted by molar-refractivity contribution is -0.137. The summed E-state index contributed by atoms with van der Waals surface area (Å²) in [6.45, 7) is 2.42. The van der Waals surface area contributed by atoms with Crippen LogP contribution in [0.3, 0.4) is 0 Å². The van der Waals surface area contributed by atoms with Gasteiger partial charge in [-0.1, -0.05) is 36.4 Å². The van der Waals surface area contributed by atoms with Gasteiger partial charge in [0.05, 0.1) is 11.5 Å². The molecule has 2 amide bonds. The number of piperazine rings is 1. The molecule has 1 N–H and O–H groups in total. The lowest BCUT2D eigenvalue weighted by Crippen LogP contribution is -2.50. The molecule has 1 saturated heterocycles. The number of ether oxygens (including phenoxy) is 1. The Morgan fingerprint density at radius 2 is 1.29 bits per heavy atom. The lowest BCUT2D eigenvalue weighted by Gasteiger charge is -2.38. The Hall–Kier alpha value is -4.79. The molecule has 4 aromatic rings. The van der Waals surface area contributed by atoms with Crippen LogP contribution in [0, 0.1) is 0 Å². The second kappa shape index (κ2) is 10.6. The van der Waals surface area contributed by atoms with E-state index < -0.39 is 23.6 Å². The van der Waals surface area contributed by atoms with Crippen LogP contribution in [0.4, 0.5) is 24.5 Å². The Morgan fingerprint density at radius 3 is 1.85 bits per heavy atom. The van der Waals surface area contributed by atoms with E-state index in [9.17, 15) is 22.8 Å². The van der Waals surface area contributed by atoms with E-state index in [1.165, 1.54) is 0 Å². The van der Waals surface area contributed by atoms with Crippen molar-refractivity contribution >= 4 is 23.2 Å². The van der Waals surface area contributed by atoms with Gasteiger partial charge in [-0.25, -0.2) is 0 Å². The van der Waals surface area contributed by atoms with Crippen molar-refractivity contribution in [1.29, 1.82) is 0 Å². The molecule has 6 nitrogen and oxygen atoms in total. The van der Waals surface area contributed by atoms with Gasteiger partial charge in [-0.05, 0) is 60.7 Å². The number of halogens is 3. The van der Waals surface area contributed by atoms with Crippen molar-refractivity contribution in [3.8, 4) is 11.5 Å². The summed E-state index contributed by atoms with van der Waals surface area (Å²) in [7, 11) is 0. The lowest BCUT2D eigenvalue weighted by atomic mass is 9.86. The van der Waals surface area contributed by atoms with Gasteiger partial charge in [0.25, 0.3) is 5.91 Å². The third-order valence-corrected chi connectivity index (χ3v) is 7.48. The van der Waals surface area contributed by atoms with Gasteiger partial charge < -0.3 is 19.9 Å². The molecule has 2 aliphatic rings. The summed E-state index contributed by atoms with van der Waals surface area (Å²) in [4.78, 5) is 30.4. The Bertz CT molecular complexity index is 1530. The van der Waals surface area contributed by atoms with E-state index in [0.29, 0.717) is 43.4 Å². The Balaban J connectivity index is 1.09. The summed E-state index contributed by atoms with van der Waals surface area (Å²) >= 11 is 0. The van der Waals surface area contributed by atoms with Gasteiger partial charge in [0.1, 0.15) is 11.5 Å². The van der Waals surface area contributed by atoms with Crippen molar-refractivity contribution in [3.05, 3.63) is 119 Å². The average molecular weight is 558 g/mol. The van der Waals surface area contributed by atoms with E-state index in [1.807, 2.05) is 65.6 Å². The second-order valence-electron chi connectivity index (χ2n) is 10.00. The minimum Gasteiger partial charge on any atom is -0.457 e. The third-order valence-electron chi connectivity index (χ3n) is 7.48. The first-order chi connectivity index (χ1) is 19.8. The molecule has 208 valence electrons. The quantitative estimate of drug-likeness (QED) is 0.309. The predicted molar refractivity (Wildman–Crippen MR) is 149 cm³/mol. The number of carbonyl (C=O) groups is 2. The highest BCUT2D eigenvalue weighted by atomic mass is 19.4. The molecule has 0 radical (unpaired) electrons. The first kappa shape index (κ1) is 26.4. The van der Waals surface area contributed by atoms with Crippen LogP contribution < -0.4 is 15.0 Å². The minimum absolute atomic E-state index is 0.0502. The zero-order valence-electron chi connectivity index (χ0n) is 21.9. The van der Waals surface area contributed by atoms with E-state index >= 15 is 0 Å². The average Bonchev–Trinajstić information content (AvgIpc) is 2.99. The van der Waals surface area contributed by atoms with E-state index in [2.05, 4.69) is 10.2 Å². The van der Waals surface area contributed by atoms with Crippen LogP contribution in [0.5, 0.6) is 11.5 Å². The smallest absolute Gasteiger partial charge is 0.416 e. The summed E-state index contributed by atoms with van der Waals surface area (Å²) < 4.78 is 44.4. The van der Waals surface area contributed by atoms with E-state index in [4.69, 9.17) is 4.74 Å². The summed E-state index contributed by atoms with van der Waals surface area (Å²) in [6.07, 6.45) is -4.45. The summed E-state index contributed by atoms with van der Waals surface area (Å²) in [5.41, 5.74) is 2.55. The van der Waals surface area contributed by atoms with Crippen molar-refractivity contribution in [2.24, 2.45) is 0 Å². The topological polar surface area (TPSA) is 61.9 Å². The van der Waals surface area contributed by atoms with Gasteiger partial charge in [0.2, 0.25) is 5.91 Å². The van der Waals surface area contributed by atoms with Gasteiger partial charge in [0, 0.05) is 54.2 Å². The Labute approximate surface area is 235 Å². The van der Waals surface area contributed by atoms with Crippen LogP contribution >= 0.6 is 0 Å². The Kier molecular flexibility index (Phi) is 6.86. The van der Waals surface area contributed by atoms with E-state index in [0.717, 1.165) is 41.1 Å². The molecule has 2 aliphatic heterocycles. The molecule has 0 bridgehead atoms. The normalized spacial score (nSPS) is 15.0. The third kappa shape index (κ3) is 5.35. The maximum absolute atomic E-state index is 13.8. The molecule has 6 rings (SSSR count). The van der Waals surface area contributed by atoms with Gasteiger partial charge in [0.15, 0.2) is 0 Å². The van der Waals surface area contributed by atoms with Crippen LogP contribution in [-0.2, 0) is 11.0 Å². The number of hydrogen-bond acceptors (Lipinski definition) is 4. The van der Waals surface area contributed by atoms with Crippen LogP contribution in [0.25, 0.3) is 0 Å². The van der Waals surface area contributed by atoms with Crippen molar-refractivity contribution in [2.75, 3.05) is 36.4 Å². The molecule has 9 heteroatoms. The number of rotatable bonds is 4. The molecule has 0 aliphatic carbocycles. The molecule has 41 heavy (non-hydrogen) atoms. The fourth-order valence-electron chi connectivity index (χ4n) is 5.31.